The number of carbonyl (C=O) groups is 1. The third-order valence-corrected chi connectivity index (χ3v) is 5.60. The summed E-state index contributed by atoms with van der Waals surface area (Å²) in [7, 11) is 1.86. The van der Waals surface area contributed by atoms with Crippen LogP contribution in [-0.4, -0.2) is 65.2 Å². The molecule has 1 fully saturated rings. The first-order valence-corrected chi connectivity index (χ1v) is 10.8. The first kappa shape index (κ1) is 21.5. The van der Waals surface area contributed by atoms with Crippen molar-refractivity contribution in [3.05, 3.63) is 46.4 Å². The van der Waals surface area contributed by atoms with Crippen LogP contribution < -0.4 is 10.1 Å². The number of amides is 1. The third kappa shape index (κ3) is 5.15. The average Bonchev–Trinajstić information content (AvgIpc) is 3.35. The van der Waals surface area contributed by atoms with Gasteiger partial charge in [-0.05, 0) is 41.1 Å². The number of morpholine rings is 1. The van der Waals surface area contributed by atoms with Gasteiger partial charge in [-0.3, -0.25) is 14.4 Å². The minimum absolute atomic E-state index is 0.228. The number of aromatic nitrogens is 3. The summed E-state index contributed by atoms with van der Waals surface area (Å²) in [6.07, 6.45) is 1.73. The summed E-state index contributed by atoms with van der Waals surface area (Å²) < 4.78 is 19.1. The zero-order valence-corrected chi connectivity index (χ0v) is 19.0. The van der Waals surface area contributed by atoms with Crippen LogP contribution in [0.25, 0.3) is 11.3 Å². The molecule has 0 aliphatic carbocycles. The molecule has 9 nitrogen and oxygen atoms in total. The molecular weight excluding hydrogens is 466 g/mol. The minimum atomic E-state index is -0.340. The predicted octanol–water partition coefficient (Wildman–Crippen LogP) is 3.11. The van der Waals surface area contributed by atoms with Gasteiger partial charge in [0.1, 0.15) is 18.1 Å². The normalized spacial score (nSPS) is 14.5. The lowest BCUT2D eigenvalue weighted by Crippen LogP contribution is -2.38. The molecule has 31 heavy (non-hydrogen) atoms. The quantitative estimate of drug-likeness (QED) is 0.544. The highest BCUT2D eigenvalue weighted by Gasteiger charge is 2.18. The molecule has 3 aromatic rings. The summed E-state index contributed by atoms with van der Waals surface area (Å²) in [4.78, 5) is 14.8. The molecule has 10 heteroatoms. The van der Waals surface area contributed by atoms with Gasteiger partial charge in [-0.25, -0.2) is 0 Å². The van der Waals surface area contributed by atoms with Gasteiger partial charge >= 0.3 is 0 Å². The zero-order valence-electron chi connectivity index (χ0n) is 17.4. The second-order valence-corrected chi connectivity index (χ2v) is 8.11. The van der Waals surface area contributed by atoms with E-state index in [1.807, 2.05) is 25.2 Å². The lowest BCUT2D eigenvalue weighted by molar-refractivity contribution is 0.0323. The molecule has 1 aliphatic rings. The maximum atomic E-state index is 12.5. The molecular formula is C21H24BrN5O4. The highest BCUT2D eigenvalue weighted by Crippen LogP contribution is 2.36. The number of rotatable bonds is 7. The highest BCUT2D eigenvalue weighted by atomic mass is 79.9. The molecule has 1 amide bonds. The Labute approximate surface area is 188 Å². The lowest BCUT2D eigenvalue weighted by Gasteiger charge is -2.26. The van der Waals surface area contributed by atoms with Crippen LogP contribution >= 0.6 is 15.9 Å². The Kier molecular flexibility index (Phi) is 6.69. The standard InChI is InChI=1S/C21H24BrN5O4/c1-14-11-18(25-31-14)21(28)24-15-3-4-19(30-10-7-27-5-8-29-9-6-27)16(12-15)20-17(22)13-23-26(20)2/h3-4,11-13H,5-10H2,1-2H3,(H,24,28). The summed E-state index contributed by atoms with van der Waals surface area (Å²) in [6, 6.07) is 7.13. The van der Waals surface area contributed by atoms with E-state index in [2.05, 4.69) is 36.4 Å². The van der Waals surface area contributed by atoms with Crippen molar-refractivity contribution < 1.29 is 18.8 Å². The second-order valence-electron chi connectivity index (χ2n) is 7.26. The number of halogens is 1. The number of benzene rings is 1. The van der Waals surface area contributed by atoms with E-state index in [1.54, 1.807) is 23.9 Å². The Balaban J connectivity index is 1.55. The largest absolute Gasteiger partial charge is 0.492 e. The van der Waals surface area contributed by atoms with Crippen LogP contribution in [0.2, 0.25) is 0 Å². The Morgan fingerprint density at radius 1 is 1.29 bits per heavy atom. The smallest absolute Gasteiger partial charge is 0.277 e. The summed E-state index contributed by atoms with van der Waals surface area (Å²) in [6.45, 7) is 6.45. The van der Waals surface area contributed by atoms with Crippen LogP contribution in [-0.2, 0) is 11.8 Å². The van der Waals surface area contributed by atoms with Crippen molar-refractivity contribution in [3.63, 3.8) is 0 Å². The maximum absolute atomic E-state index is 12.5. The Bertz CT molecular complexity index is 1040. The van der Waals surface area contributed by atoms with Gasteiger partial charge in [0.2, 0.25) is 0 Å². The van der Waals surface area contributed by atoms with Crippen molar-refractivity contribution in [2.75, 3.05) is 44.8 Å². The Hall–Kier alpha value is -2.69. The van der Waals surface area contributed by atoms with Crippen molar-refractivity contribution >= 4 is 27.5 Å². The molecule has 0 saturated carbocycles. The van der Waals surface area contributed by atoms with Crippen molar-refractivity contribution in [1.29, 1.82) is 0 Å². The van der Waals surface area contributed by atoms with Gasteiger partial charge in [0.05, 0.1) is 29.6 Å². The molecule has 2 aromatic heterocycles. The monoisotopic (exact) mass is 489 g/mol. The number of carbonyl (C=O) groups excluding carboxylic acids is 1. The lowest BCUT2D eigenvalue weighted by atomic mass is 10.1. The third-order valence-electron chi connectivity index (χ3n) is 5.02. The van der Waals surface area contributed by atoms with E-state index in [-0.39, 0.29) is 11.6 Å². The van der Waals surface area contributed by atoms with Gasteiger partial charge in [0, 0.05) is 44.0 Å². The van der Waals surface area contributed by atoms with Crippen LogP contribution in [0.4, 0.5) is 5.69 Å². The fourth-order valence-electron chi connectivity index (χ4n) is 3.41. The molecule has 1 saturated heterocycles. The number of aryl methyl sites for hydroxylation is 2. The fraction of sp³-hybridized carbons (Fsp3) is 0.381. The van der Waals surface area contributed by atoms with Gasteiger partial charge in [-0.15, -0.1) is 0 Å². The number of ether oxygens (including phenoxy) is 2. The average molecular weight is 490 g/mol. The maximum Gasteiger partial charge on any atom is 0.277 e. The Morgan fingerprint density at radius 3 is 2.77 bits per heavy atom. The van der Waals surface area contributed by atoms with Crippen molar-refractivity contribution in [3.8, 4) is 17.0 Å². The molecule has 4 rings (SSSR count). The van der Waals surface area contributed by atoms with E-state index in [9.17, 15) is 4.79 Å². The summed E-state index contributed by atoms with van der Waals surface area (Å²) in [5.74, 6) is 0.953. The minimum Gasteiger partial charge on any atom is -0.492 e. The number of hydrogen-bond donors (Lipinski definition) is 1. The Morgan fingerprint density at radius 2 is 2.10 bits per heavy atom. The van der Waals surface area contributed by atoms with Crippen molar-refractivity contribution in [2.24, 2.45) is 7.05 Å². The first-order chi connectivity index (χ1) is 15.0. The van der Waals surface area contributed by atoms with E-state index >= 15 is 0 Å². The van der Waals surface area contributed by atoms with Gasteiger partial charge in [-0.1, -0.05) is 5.16 Å². The molecule has 164 valence electrons. The second kappa shape index (κ2) is 9.63. The summed E-state index contributed by atoms with van der Waals surface area (Å²) in [5.41, 5.74) is 2.53. The van der Waals surface area contributed by atoms with Crippen LogP contribution in [0.3, 0.4) is 0 Å². The zero-order chi connectivity index (χ0) is 21.8. The summed E-state index contributed by atoms with van der Waals surface area (Å²) in [5, 5.41) is 10.9. The number of nitrogens with zero attached hydrogens (tertiary/aromatic N) is 4. The van der Waals surface area contributed by atoms with Crippen LogP contribution in [0, 0.1) is 6.92 Å². The molecule has 1 aromatic carbocycles. The van der Waals surface area contributed by atoms with E-state index in [1.165, 1.54) is 0 Å². The number of anilines is 1. The van der Waals surface area contributed by atoms with Crippen molar-refractivity contribution in [1.82, 2.24) is 19.8 Å². The van der Waals surface area contributed by atoms with E-state index in [4.69, 9.17) is 14.0 Å². The molecule has 0 spiro atoms. The number of nitrogens with one attached hydrogen (secondary N) is 1. The van der Waals surface area contributed by atoms with Crippen LogP contribution in [0.5, 0.6) is 5.75 Å². The van der Waals surface area contributed by atoms with Crippen LogP contribution in [0.15, 0.2) is 39.5 Å². The van der Waals surface area contributed by atoms with E-state index in [0.717, 1.165) is 48.6 Å². The predicted molar refractivity (Wildman–Crippen MR) is 118 cm³/mol. The van der Waals surface area contributed by atoms with Gasteiger partial charge in [0.25, 0.3) is 5.91 Å². The van der Waals surface area contributed by atoms with Crippen molar-refractivity contribution in [2.45, 2.75) is 6.92 Å². The molecule has 1 N–H and O–H groups in total. The fourth-order valence-corrected chi connectivity index (χ4v) is 3.97. The van der Waals surface area contributed by atoms with E-state index < -0.39 is 0 Å². The topological polar surface area (TPSA) is 94.7 Å². The summed E-state index contributed by atoms with van der Waals surface area (Å²) >= 11 is 3.56. The number of hydrogen-bond acceptors (Lipinski definition) is 7. The highest BCUT2D eigenvalue weighted by molar-refractivity contribution is 9.10. The molecule has 0 radical (unpaired) electrons. The van der Waals surface area contributed by atoms with E-state index in [0.29, 0.717) is 23.8 Å². The molecule has 0 unspecified atom stereocenters. The SMILES string of the molecule is Cc1cc(C(=O)Nc2ccc(OCCN3CCOCC3)c(-c3c(Br)cnn3C)c2)no1. The van der Waals surface area contributed by atoms with Gasteiger partial charge in [-0.2, -0.15) is 5.10 Å². The van der Waals surface area contributed by atoms with Crippen LogP contribution in [0.1, 0.15) is 16.2 Å². The first-order valence-electron chi connectivity index (χ1n) is 10.0. The molecule has 1 aliphatic heterocycles. The molecule has 0 atom stereocenters. The van der Waals surface area contributed by atoms with Gasteiger partial charge in [0.15, 0.2) is 5.69 Å². The molecule has 0 bridgehead atoms. The van der Waals surface area contributed by atoms with Gasteiger partial charge < -0.3 is 19.3 Å². The molecule has 3 heterocycles.